The number of para-hydroxylation sites is 1. The summed E-state index contributed by atoms with van der Waals surface area (Å²) in [5.74, 6) is -1.04. The first-order valence-corrected chi connectivity index (χ1v) is 12.0. The Balaban J connectivity index is 2.39. The van der Waals surface area contributed by atoms with Crippen LogP contribution in [0.3, 0.4) is 0 Å². The fraction of sp³-hybridized carbons (Fsp3) is 0.444. The van der Waals surface area contributed by atoms with E-state index in [0.29, 0.717) is 12.1 Å². The monoisotopic (exact) mass is 499 g/mol. The predicted molar refractivity (Wildman–Crippen MR) is 137 cm³/mol. The van der Waals surface area contributed by atoms with Crippen LogP contribution >= 0.6 is 0 Å². The second-order valence-corrected chi connectivity index (χ2v) is 9.62. The quantitative estimate of drug-likeness (QED) is 0.370. The maximum Gasteiger partial charge on any atom is 0.408 e. The van der Waals surface area contributed by atoms with E-state index in [0.717, 1.165) is 12.8 Å². The molecule has 2 unspecified atom stereocenters. The molecule has 0 aromatic heterocycles. The Morgan fingerprint density at radius 3 is 2.25 bits per heavy atom. The molecule has 196 valence electrons. The number of aromatic hydroxyl groups is 2. The molecule has 0 aliphatic heterocycles. The van der Waals surface area contributed by atoms with Gasteiger partial charge in [-0.1, -0.05) is 43.7 Å². The molecule has 2 atom stereocenters. The Morgan fingerprint density at radius 1 is 1.03 bits per heavy atom. The van der Waals surface area contributed by atoms with Gasteiger partial charge in [0.05, 0.1) is 0 Å². The van der Waals surface area contributed by atoms with Gasteiger partial charge in [-0.2, -0.15) is 0 Å². The molecule has 36 heavy (non-hydrogen) atoms. The van der Waals surface area contributed by atoms with E-state index in [9.17, 15) is 24.6 Å². The van der Waals surface area contributed by atoms with Crippen molar-refractivity contribution in [1.82, 2.24) is 15.5 Å². The van der Waals surface area contributed by atoms with Crippen LogP contribution in [0.25, 0.3) is 0 Å². The highest BCUT2D eigenvalue weighted by molar-refractivity contribution is 5.92. The van der Waals surface area contributed by atoms with Gasteiger partial charge in [-0.3, -0.25) is 9.59 Å². The van der Waals surface area contributed by atoms with Crippen molar-refractivity contribution in [2.45, 2.75) is 64.6 Å². The molecule has 2 aromatic carbocycles. The summed E-state index contributed by atoms with van der Waals surface area (Å²) >= 11 is 0. The summed E-state index contributed by atoms with van der Waals surface area (Å²) in [6.07, 6.45) is 0.957. The summed E-state index contributed by atoms with van der Waals surface area (Å²) in [6, 6.07) is 10.4. The van der Waals surface area contributed by atoms with Crippen molar-refractivity contribution >= 4 is 17.9 Å². The number of rotatable bonds is 10. The number of carbonyl (C=O) groups is 3. The molecule has 9 heteroatoms. The number of benzene rings is 2. The first-order chi connectivity index (χ1) is 16.9. The van der Waals surface area contributed by atoms with Crippen molar-refractivity contribution < 1.29 is 29.3 Å². The van der Waals surface area contributed by atoms with E-state index < -0.39 is 35.6 Å². The van der Waals surface area contributed by atoms with E-state index in [2.05, 4.69) is 10.6 Å². The minimum absolute atomic E-state index is 0.0715. The largest absolute Gasteiger partial charge is 0.508 e. The number of likely N-dealkylation sites (N-methyl/N-ethyl adjacent to an activating group) is 1. The maximum atomic E-state index is 13.7. The third-order valence-corrected chi connectivity index (χ3v) is 5.41. The second kappa shape index (κ2) is 12.8. The molecule has 0 spiro atoms. The average molecular weight is 500 g/mol. The highest BCUT2D eigenvalue weighted by Crippen LogP contribution is 2.29. The summed E-state index contributed by atoms with van der Waals surface area (Å²) in [5.41, 5.74) is 0.171. The summed E-state index contributed by atoms with van der Waals surface area (Å²) < 4.78 is 5.35. The zero-order valence-electron chi connectivity index (χ0n) is 21.6. The predicted octanol–water partition coefficient (Wildman–Crippen LogP) is 3.65. The summed E-state index contributed by atoms with van der Waals surface area (Å²) in [7, 11) is 1.46. The van der Waals surface area contributed by atoms with Crippen LogP contribution < -0.4 is 10.6 Å². The van der Waals surface area contributed by atoms with Crippen LogP contribution in [0.4, 0.5) is 4.79 Å². The number of phenolic OH excluding ortho intramolecular Hbond substituents is 2. The first kappa shape index (κ1) is 28.5. The number of phenols is 2. The molecular weight excluding hydrogens is 462 g/mol. The molecule has 0 heterocycles. The minimum Gasteiger partial charge on any atom is -0.508 e. The van der Waals surface area contributed by atoms with Crippen molar-refractivity contribution in [2.75, 3.05) is 13.6 Å². The molecule has 0 fully saturated rings. The molecule has 4 N–H and O–H groups in total. The molecule has 2 aromatic rings. The van der Waals surface area contributed by atoms with E-state index in [1.54, 1.807) is 51.1 Å². The van der Waals surface area contributed by atoms with Crippen LogP contribution in [0.1, 0.15) is 57.7 Å². The van der Waals surface area contributed by atoms with Crippen molar-refractivity contribution in [3.63, 3.8) is 0 Å². The van der Waals surface area contributed by atoms with Gasteiger partial charge in [0, 0.05) is 25.6 Å². The van der Waals surface area contributed by atoms with E-state index in [-0.39, 0.29) is 23.5 Å². The lowest BCUT2D eigenvalue weighted by Gasteiger charge is -2.32. The average Bonchev–Trinajstić information content (AvgIpc) is 2.80. The molecule has 9 nitrogen and oxygen atoms in total. The minimum atomic E-state index is -1.13. The Morgan fingerprint density at radius 2 is 1.67 bits per heavy atom. The number of alkyl carbamates (subject to hydrolysis) is 1. The Labute approximate surface area is 212 Å². The number of hydrogen-bond acceptors (Lipinski definition) is 6. The first-order valence-electron chi connectivity index (χ1n) is 12.0. The third-order valence-electron chi connectivity index (χ3n) is 5.41. The highest BCUT2D eigenvalue weighted by atomic mass is 16.6. The SMILES string of the molecule is CCCCNC(=O)C(c1ccccc1O)N(C)C(=O)C(Cc1ccc(O)cc1)NC(=O)OC(C)(C)C. The van der Waals surface area contributed by atoms with Gasteiger partial charge in [0.2, 0.25) is 11.8 Å². The van der Waals surface area contributed by atoms with E-state index >= 15 is 0 Å². The van der Waals surface area contributed by atoms with Crippen LogP contribution in [-0.2, 0) is 20.7 Å². The number of nitrogens with one attached hydrogen (secondary N) is 2. The molecule has 0 saturated carbocycles. The van der Waals surface area contributed by atoms with Crippen LogP contribution in [-0.4, -0.2) is 58.3 Å². The van der Waals surface area contributed by atoms with Crippen LogP contribution in [0.2, 0.25) is 0 Å². The van der Waals surface area contributed by atoms with Gasteiger partial charge in [-0.25, -0.2) is 4.79 Å². The van der Waals surface area contributed by atoms with Crippen LogP contribution in [0.15, 0.2) is 48.5 Å². The Kier molecular flexibility index (Phi) is 10.1. The van der Waals surface area contributed by atoms with Crippen molar-refractivity contribution in [1.29, 1.82) is 0 Å². The molecule has 3 amide bonds. The summed E-state index contributed by atoms with van der Waals surface area (Å²) in [4.78, 5) is 40.7. The number of ether oxygens (including phenoxy) is 1. The lowest BCUT2D eigenvalue weighted by molar-refractivity contribution is -0.140. The topological polar surface area (TPSA) is 128 Å². The molecule has 2 rings (SSSR count). The van der Waals surface area contributed by atoms with Gasteiger partial charge in [0.25, 0.3) is 0 Å². The normalized spacial score (nSPS) is 12.8. The Bertz CT molecular complexity index is 1030. The smallest absolute Gasteiger partial charge is 0.408 e. The molecule has 0 bridgehead atoms. The van der Waals surface area contributed by atoms with Gasteiger partial charge in [0.1, 0.15) is 29.2 Å². The fourth-order valence-corrected chi connectivity index (χ4v) is 3.62. The summed E-state index contributed by atoms with van der Waals surface area (Å²) in [5, 5.41) is 25.5. The van der Waals surface area contributed by atoms with Gasteiger partial charge in [-0.15, -0.1) is 0 Å². The number of carbonyl (C=O) groups excluding carboxylic acids is 3. The Hall–Kier alpha value is -3.75. The maximum absolute atomic E-state index is 13.7. The zero-order valence-corrected chi connectivity index (χ0v) is 21.6. The van der Waals surface area contributed by atoms with E-state index in [1.807, 2.05) is 6.92 Å². The van der Waals surface area contributed by atoms with Crippen molar-refractivity contribution in [3.8, 4) is 11.5 Å². The number of nitrogens with zero attached hydrogens (tertiary/aromatic N) is 1. The molecule has 0 radical (unpaired) electrons. The van der Waals surface area contributed by atoms with Gasteiger partial charge < -0.3 is 30.5 Å². The second-order valence-electron chi connectivity index (χ2n) is 9.62. The lowest BCUT2D eigenvalue weighted by atomic mass is 10.00. The molecule has 0 aliphatic carbocycles. The van der Waals surface area contributed by atoms with Crippen LogP contribution in [0, 0.1) is 0 Å². The molecule has 0 aliphatic rings. The molecular formula is C27H37N3O6. The van der Waals surface area contributed by atoms with Gasteiger partial charge in [0.15, 0.2) is 0 Å². The zero-order chi connectivity index (χ0) is 26.9. The lowest BCUT2D eigenvalue weighted by Crippen LogP contribution is -2.52. The highest BCUT2D eigenvalue weighted by Gasteiger charge is 2.35. The van der Waals surface area contributed by atoms with Gasteiger partial charge in [-0.05, 0) is 51.0 Å². The van der Waals surface area contributed by atoms with Crippen molar-refractivity contribution in [2.24, 2.45) is 0 Å². The van der Waals surface area contributed by atoms with E-state index in [1.165, 1.54) is 30.1 Å². The van der Waals surface area contributed by atoms with Gasteiger partial charge >= 0.3 is 6.09 Å². The van der Waals surface area contributed by atoms with Crippen molar-refractivity contribution in [3.05, 3.63) is 59.7 Å². The third kappa shape index (κ3) is 8.48. The van der Waals surface area contributed by atoms with Crippen LogP contribution in [0.5, 0.6) is 11.5 Å². The fourth-order valence-electron chi connectivity index (χ4n) is 3.62. The standard InChI is InChI=1S/C27H37N3O6/c1-6-7-16-28-24(33)23(20-10-8-9-11-22(20)32)30(5)25(34)21(29-26(35)36-27(2,3)4)17-18-12-14-19(31)15-13-18/h8-15,21,23,31-32H,6-7,16-17H2,1-5H3,(H,28,33)(H,29,35). The number of hydrogen-bond donors (Lipinski definition) is 4. The number of amides is 3. The number of unbranched alkanes of at least 4 members (excludes halogenated alkanes) is 1. The molecule has 0 saturated heterocycles. The summed E-state index contributed by atoms with van der Waals surface area (Å²) in [6.45, 7) is 7.56. The van der Waals surface area contributed by atoms with E-state index in [4.69, 9.17) is 4.74 Å².